The molecule has 6 nitrogen and oxygen atoms in total. The summed E-state index contributed by atoms with van der Waals surface area (Å²) >= 11 is 0. The average Bonchev–Trinajstić information content (AvgIpc) is 3.23. The summed E-state index contributed by atoms with van der Waals surface area (Å²) in [6.45, 7) is 10.1. The van der Waals surface area contributed by atoms with Gasteiger partial charge >= 0.3 is 11.9 Å². The van der Waals surface area contributed by atoms with Crippen LogP contribution in [0.5, 0.6) is 0 Å². The lowest BCUT2D eigenvalue weighted by molar-refractivity contribution is -0.161. The molecule has 1 aromatic heterocycles. The maximum Gasteiger partial charge on any atom is 0.374 e. The summed E-state index contributed by atoms with van der Waals surface area (Å²) in [7, 11) is 0. The second kappa shape index (κ2) is 10.7. The highest BCUT2D eigenvalue weighted by molar-refractivity contribution is 5.86. The maximum atomic E-state index is 13.0. The van der Waals surface area contributed by atoms with Crippen molar-refractivity contribution in [2.45, 2.75) is 59.2 Å². The summed E-state index contributed by atoms with van der Waals surface area (Å²) in [5.74, 6) is -0.652. The van der Waals surface area contributed by atoms with Crippen LogP contribution in [0.3, 0.4) is 0 Å². The predicted octanol–water partition coefficient (Wildman–Crippen LogP) is 5.29. The van der Waals surface area contributed by atoms with Gasteiger partial charge in [0.1, 0.15) is 11.4 Å². The van der Waals surface area contributed by atoms with Gasteiger partial charge in [-0.3, -0.25) is 4.79 Å². The molecule has 2 aromatic carbocycles. The number of ether oxygens (including phenoxy) is 2. The van der Waals surface area contributed by atoms with Crippen LogP contribution in [-0.4, -0.2) is 30.2 Å². The minimum absolute atomic E-state index is 0.131. The van der Waals surface area contributed by atoms with E-state index in [1.165, 1.54) is 10.8 Å². The lowest BCUT2D eigenvalue weighted by Gasteiger charge is -2.27. The Labute approximate surface area is 195 Å². The minimum Gasteiger partial charge on any atom is -0.460 e. The Morgan fingerprint density at radius 1 is 1.03 bits per heavy atom. The average molecular weight is 452 g/mol. The molecule has 176 valence electrons. The third-order valence-corrected chi connectivity index (χ3v) is 5.31. The fourth-order valence-corrected chi connectivity index (χ4v) is 3.63. The van der Waals surface area contributed by atoms with Crippen LogP contribution in [-0.2, 0) is 27.2 Å². The summed E-state index contributed by atoms with van der Waals surface area (Å²) in [4.78, 5) is 25.0. The number of hydrogen-bond donors (Lipinski definition) is 1. The topological polar surface area (TPSA) is 77.8 Å². The molecule has 0 bridgehead atoms. The number of benzene rings is 2. The first-order chi connectivity index (χ1) is 15.7. The van der Waals surface area contributed by atoms with Crippen molar-refractivity contribution >= 4 is 22.7 Å². The van der Waals surface area contributed by atoms with Gasteiger partial charge in [0.05, 0.1) is 12.5 Å². The molecule has 0 fully saturated rings. The molecule has 0 spiro atoms. The van der Waals surface area contributed by atoms with Crippen molar-refractivity contribution in [3.8, 4) is 0 Å². The van der Waals surface area contributed by atoms with Gasteiger partial charge in [-0.1, -0.05) is 36.4 Å². The molecule has 3 rings (SSSR count). The first kappa shape index (κ1) is 24.5. The normalized spacial score (nSPS) is 13.5. The van der Waals surface area contributed by atoms with Gasteiger partial charge in [0.15, 0.2) is 0 Å². The largest absolute Gasteiger partial charge is 0.460 e. The third-order valence-electron chi connectivity index (χ3n) is 5.31. The van der Waals surface area contributed by atoms with E-state index >= 15 is 0 Å². The molecule has 0 radical (unpaired) electrons. The second-order valence-corrected chi connectivity index (χ2v) is 9.18. The fraction of sp³-hybridized carbons (Fsp3) is 0.407. The van der Waals surface area contributed by atoms with Gasteiger partial charge in [-0.2, -0.15) is 0 Å². The van der Waals surface area contributed by atoms with E-state index in [2.05, 4.69) is 35.6 Å². The lowest BCUT2D eigenvalue weighted by Crippen LogP contribution is -2.41. The molecule has 0 saturated carbocycles. The van der Waals surface area contributed by atoms with Crippen molar-refractivity contribution in [1.82, 2.24) is 5.32 Å². The van der Waals surface area contributed by atoms with Crippen LogP contribution in [0.25, 0.3) is 10.8 Å². The van der Waals surface area contributed by atoms with Gasteiger partial charge < -0.3 is 19.2 Å². The van der Waals surface area contributed by atoms with Crippen LogP contribution in [0.1, 0.15) is 56.5 Å². The van der Waals surface area contributed by atoms with Gasteiger partial charge in [0, 0.05) is 19.0 Å². The molecule has 1 heterocycles. The Hall–Kier alpha value is -3.12. The molecule has 33 heavy (non-hydrogen) atoms. The number of nitrogens with one attached hydrogen (secondary N) is 1. The van der Waals surface area contributed by atoms with Crippen LogP contribution in [0.4, 0.5) is 0 Å². The minimum atomic E-state index is -0.605. The van der Waals surface area contributed by atoms with Crippen LogP contribution in [0.2, 0.25) is 0 Å². The van der Waals surface area contributed by atoms with Gasteiger partial charge in [0.2, 0.25) is 5.76 Å². The van der Waals surface area contributed by atoms with E-state index in [-0.39, 0.29) is 24.4 Å². The van der Waals surface area contributed by atoms with Crippen molar-refractivity contribution in [2.24, 2.45) is 5.92 Å². The number of esters is 2. The van der Waals surface area contributed by atoms with E-state index in [4.69, 9.17) is 13.9 Å². The Morgan fingerprint density at radius 2 is 1.76 bits per heavy atom. The highest BCUT2D eigenvalue weighted by Crippen LogP contribution is 2.22. The maximum absolute atomic E-state index is 13.0. The number of fused-ring (bicyclic) bond motifs is 1. The predicted molar refractivity (Wildman–Crippen MR) is 128 cm³/mol. The first-order valence-electron chi connectivity index (χ1n) is 11.4. The molecule has 2 atom stereocenters. The molecule has 0 aliphatic heterocycles. The van der Waals surface area contributed by atoms with Gasteiger partial charge in [-0.15, -0.1) is 0 Å². The zero-order chi connectivity index (χ0) is 24.0. The first-order valence-corrected chi connectivity index (χ1v) is 11.4. The van der Waals surface area contributed by atoms with E-state index in [1.807, 2.05) is 39.8 Å². The van der Waals surface area contributed by atoms with Gasteiger partial charge in [-0.05, 0) is 69.2 Å². The van der Waals surface area contributed by atoms with Crippen molar-refractivity contribution in [3.63, 3.8) is 0 Å². The number of hydrogen-bond acceptors (Lipinski definition) is 6. The van der Waals surface area contributed by atoms with E-state index in [9.17, 15) is 9.59 Å². The molecule has 2 unspecified atom stereocenters. The zero-order valence-electron chi connectivity index (χ0n) is 20.0. The Balaban J connectivity index is 1.73. The molecule has 0 aliphatic carbocycles. The van der Waals surface area contributed by atoms with Crippen LogP contribution < -0.4 is 5.32 Å². The summed E-state index contributed by atoms with van der Waals surface area (Å²) in [5.41, 5.74) is 0.526. The van der Waals surface area contributed by atoms with Gasteiger partial charge in [0.25, 0.3) is 0 Å². The summed E-state index contributed by atoms with van der Waals surface area (Å²) < 4.78 is 16.3. The SMILES string of the molecule is CCOC(=O)c1ccc(CC(C(=O)OC(C)(C)C)C(C)NCc2ccc3ccccc3c2)o1. The van der Waals surface area contributed by atoms with Crippen molar-refractivity contribution in [1.29, 1.82) is 0 Å². The fourth-order valence-electron chi connectivity index (χ4n) is 3.63. The molecule has 3 aromatic rings. The number of furan rings is 1. The molecule has 0 amide bonds. The van der Waals surface area contributed by atoms with Crippen LogP contribution in [0, 0.1) is 5.92 Å². The number of carbonyl (C=O) groups excluding carboxylic acids is 2. The van der Waals surface area contributed by atoms with E-state index in [0.29, 0.717) is 18.7 Å². The summed E-state index contributed by atoms with van der Waals surface area (Å²) in [6, 6.07) is 17.6. The Bertz CT molecular complexity index is 1100. The molecule has 0 saturated heterocycles. The smallest absolute Gasteiger partial charge is 0.374 e. The monoisotopic (exact) mass is 451 g/mol. The molecular weight excluding hydrogens is 418 g/mol. The number of carbonyl (C=O) groups is 2. The lowest BCUT2D eigenvalue weighted by atomic mass is 9.95. The third kappa shape index (κ3) is 6.93. The summed E-state index contributed by atoms with van der Waals surface area (Å²) in [5, 5.41) is 5.83. The quantitative estimate of drug-likeness (QED) is 0.446. The second-order valence-electron chi connectivity index (χ2n) is 9.18. The number of rotatable bonds is 9. The molecule has 0 aliphatic rings. The van der Waals surface area contributed by atoms with Crippen molar-refractivity contribution in [3.05, 3.63) is 71.7 Å². The Kier molecular flexibility index (Phi) is 7.92. The standard InChI is InChI=1S/C27H33NO5/c1-6-31-26(30)24-14-13-22(32-24)16-23(25(29)33-27(3,4)5)18(2)28-17-19-11-12-20-9-7-8-10-21(20)15-19/h7-15,18,23,28H,6,16-17H2,1-5H3. The molecular formula is C27H33NO5. The Morgan fingerprint density at radius 3 is 2.45 bits per heavy atom. The molecule has 6 heteroatoms. The van der Waals surface area contributed by atoms with Gasteiger partial charge in [-0.25, -0.2) is 4.79 Å². The summed E-state index contributed by atoms with van der Waals surface area (Å²) in [6.07, 6.45) is 0.306. The van der Waals surface area contributed by atoms with Crippen molar-refractivity contribution in [2.75, 3.05) is 6.61 Å². The van der Waals surface area contributed by atoms with E-state index < -0.39 is 17.5 Å². The van der Waals surface area contributed by atoms with E-state index in [0.717, 1.165) is 5.56 Å². The van der Waals surface area contributed by atoms with E-state index in [1.54, 1.807) is 19.1 Å². The van der Waals surface area contributed by atoms with Crippen LogP contribution >= 0.6 is 0 Å². The zero-order valence-corrected chi connectivity index (χ0v) is 20.0. The van der Waals surface area contributed by atoms with Crippen molar-refractivity contribution < 1.29 is 23.5 Å². The van der Waals surface area contributed by atoms with Crippen LogP contribution in [0.15, 0.2) is 59.0 Å². The highest BCUT2D eigenvalue weighted by atomic mass is 16.6. The molecule has 1 N–H and O–H groups in total. The highest BCUT2D eigenvalue weighted by Gasteiger charge is 2.31.